The maximum absolute atomic E-state index is 4.46. The normalized spacial score (nSPS) is 10.6. The quantitative estimate of drug-likeness (QED) is 0.840. The number of aryl methyl sites for hydroxylation is 2. The van der Waals surface area contributed by atoms with Crippen LogP contribution in [0.25, 0.3) is 0 Å². The molecule has 0 bridgehead atoms. The lowest BCUT2D eigenvalue weighted by Gasteiger charge is -2.04. The van der Waals surface area contributed by atoms with Gasteiger partial charge < -0.3 is 5.32 Å². The summed E-state index contributed by atoms with van der Waals surface area (Å²) in [6.45, 7) is 4.99. The molecule has 0 saturated carbocycles. The highest BCUT2D eigenvalue weighted by atomic mass is 32.2. The average molecular weight is 263 g/mol. The lowest BCUT2D eigenvalue weighted by molar-refractivity contribution is 0.692. The molecule has 2 rings (SSSR count). The van der Waals surface area contributed by atoms with Crippen molar-refractivity contribution in [3.63, 3.8) is 0 Å². The van der Waals surface area contributed by atoms with Crippen LogP contribution in [-0.2, 0) is 7.05 Å². The Hall–Kier alpha value is -1.56. The molecule has 2 aromatic heterocycles. The van der Waals surface area contributed by atoms with Crippen molar-refractivity contribution in [2.24, 2.45) is 7.05 Å². The van der Waals surface area contributed by atoms with Crippen molar-refractivity contribution in [2.75, 3.05) is 11.9 Å². The molecule has 18 heavy (non-hydrogen) atoms. The fourth-order valence-electron chi connectivity index (χ4n) is 1.51. The smallest absolute Gasteiger partial charge is 0.223 e. The molecule has 0 saturated heterocycles. The molecule has 6 heteroatoms. The van der Waals surface area contributed by atoms with Crippen LogP contribution in [0.5, 0.6) is 0 Å². The maximum Gasteiger partial charge on any atom is 0.223 e. The maximum atomic E-state index is 4.46. The fourth-order valence-corrected chi connectivity index (χ4v) is 2.39. The molecule has 5 nitrogen and oxygen atoms in total. The van der Waals surface area contributed by atoms with Crippen molar-refractivity contribution in [1.82, 2.24) is 19.7 Å². The lowest BCUT2D eigenvalue weighted by Crippen LogP contribution is -2.04. The number of hydrogen-bond acceptors (Lipinski definition) is 5. The summed E-state index contributed by atoms with van der Waals surface area (Å²) in [7, 11) is 1.94. The van der Waals surface area contributed by atoms with Crippen molar-refractivity contribution in [1.29, 1.82) is 0 Å². The van der Waals surface area contributed by atoms with Gasteiger partial charge in [0, 0.05) is 19.8 Å². The third-order valence-corrected chi connectivity index (χ3v) is 3.36. The van der Waals surface area contributed by atoms with E-state index in [1.54, 1.807) is 18.0 Å². The topological polar surface area (TPSA) is 55.6 Å². The molecule has 0 atom stereocenters. The van der Waals surface area contributed by atoms with E-state index in [-0.39, 0.29) is 0 Å². The second kappa shape index (κ2) is 5.86. The van der Waals surface area contributed by atoms with Gasteiger partial charge in [-0.05, 0) is 25.5 Å². The number of nitrogens with zero attached hydrogens (tertiary/aromatic N) is 4. The standard InChI is InChI=1S/C12H17N5S/c1-4-6-13-12-14-7-5-10(15-12)18-11-8-9(2)16-17(11)3/h5,7-8H,4,6H2,1-3H3,(H,13,14,15). The molecular formula is C12H17N5S. The van der Waals surface area contributed by atoms with E-state index < -0.39 is 0 Å². The van der Waals surface area contributed by atoms with Crippen LogP contribution >= 0.6 is 11.8 Å². The highest BCUT2D eigenvalue weighted by Crippen LogP contribution is 2.26. The van der Waals surface area contributed by atoms with Crippen molar-refractivity contribution in [3.05, 3.63) is 24.0 Å². The van der Waals surface area contributed by atoms with E-state index in [9.17, 15) is 0 Å². The summed E-state index contributed by atoms with van der Waals surface area (Å²) in [6, 6.07) is 3.95. The van der Waals surface area contributed by atoms with Gasteiger partial charge in [-0.3, -0.25) is 4.68 Å². The molecule has 0 aliphatic carbocycles. The van der Waals surface area contributed by atoms with Crippen LogP contribution in [0.4, 0.5) is 5.95 Å². The van der Waals surface area contributed by atoms with Crippen LogP contribution in [0, 0.1) is 6.92 Å². The number of hydrogen-bond donors (Lipinski definition) is 1. The molecule has 0 unspecified atom stereocenters. The number of nitrogens with one attached hydrogen (secondary N) is 1. The molecular weight excluding hydrogens is 246 g/mol. The Morgan fingerprint density at radius 3 is 2.94 bits per heavy atom. The van der Waals surface area contributed by atoms with E-state index >= 15 is 0 Å². The molecule has 0 aliphatic heterocycles. The van der Waals surface area contributed by atoms with Crippen molar-refractivity contribution in [2.45, 2.75) is 30.3 Å². The van der Waals surface area contributed by atoms with Gasteiger partial charge in [0.15, 0.2) is 0 Å². The molecule has 2 heterocycles. The van der Waals surface area contributed by atoms with Crippen molar-refractivity contribution >= 4 is 17.7 Å². The summed E-state index contributed by atoms with van der Waals surface area (Å²) < 4.78 is 1.86. The van der Waals surface area contributed by atoms with E-state index in [2.05, 4.69) is 27.3 Å². The van der Waals surface area contributed by atoms with Crippen LogP contribution < -0.4 is 5.32 Å². The zero-order valence-corrected chi connectivity index (χ0v) is 11.7. The van der Waals surface area contributed by atoms with Crippen LogP contribution in [0.3, 0.4) is 0 Å². The van der Waals surface area contributed by atoms with E-state index in [0.29, 0.717) is 5.95 Å². The van der Waals surface area contributed by atoms with E-state index in [1.807, 2.05) is 30.8 Å². The minimum atomic E-state index is 0.681. The summed E-state index contributed by atoms with van der Waals surface area (Å²) in [5.41, 5.74) is 1.01. The monoisotopic (exact) mass is 263 g/mol. The second-order valence-electron chi connectivity index (χ2n) is 3.99. The largest absolute Gasteiger partial charge is 0.354 e. The summed E-state index contributed by atoms with van der Waals surface area (Å²) in [5.74, 6) is 0.681. The van der Waals surface area contributed by atoms with Gasteiger partial charge in [-0.1, -0.05) is 18.7 Å². The Morgan fingerprint density at radius 2 is 2.28 bits per heavy atom. The highest BCUT2D eigenvalue weighted by molar-refractivity contribution is 7.99. The summed E-state index contributed by atoms with van der Waals surface area (Å²) in [4.78, 5) is 8.64. The second-order valence-corrected chi connectivity index (χ2v) is 5.04. The van der Waals surface area contributed by atoms with Crippen LogP contribution in [0.2, 0.25) is 0 Å². The van der Waals surface area contributed by atoms with Crippen molar-refractivity contribution < 1.29 is 0 Å². The minimum absolute atomic E-state index is 0.681. The van der Waals surface area contributed by atoms with Gasteiger partial charge in [0.1, 0.15) is 10.1 Å². The molecule has 0 aliphatic rings. The molecule has 0 radical (unpaired) electrons. The first-order chi connectivity index (χ1) is 8.69. The molecule has 0 fully saturated rings. The number of anilines is 1. The van der Waals surface area contributed by atoms with E-state index in [4.69, 9.17) is 0 Å². The Labute approximate surface area is 111 Å². The number of rotatable bonds is 5. The molecule has 0 amide bonds. The summed E-state index contributed by atoms with van der Waals surface area (Å²) >= 11 is 1.59. The Balaban J connectivity index is 2.11. The van der Waals surface area contributed by atoms with Gasteiger partial charge in [-0.25, -0.2) is 9.97 Å². The van der Waals surface area contributed by atoms with Gasteiger partial charge >= 0.3 is 0 Å². The van der Waals surface area contributed by atoms with Crippen LogP contribution in [-0.4, -0.2) is 26.3 Å². The third kappa shape index (κ3) is 3.22. The molecule has 2 aromatic rings. The van der Waals surface area contributed by atoms with Gasteiger partial charge in [0.2, 0.25) is 5.95 Å². The first-order valence-electron chi connectivity index (χ1n) is 5.94. The van der Waals surface area contributed by atoms with E-state index in [0.717, 1.165) is 28.7 Å². The highest BCUT2D eigenvalue weighted by Gasteiger charge is 2.06. The predicted octanol–water partition coefficient (Wildman–Crippen LogP) is 2.49. The Kier molecular flexibility index (Phi) is 4.19. The minimum Gasteiger partial charge on any atom is -0.354 e. The molecule has 1 N–H and O–H groups in total. The third-order valence-electron chi connectivity index (χ3n) is 2.33. The van der Waals surface area contributed by atoms with Crippen LogP contribution in [0.15, 0.2) is 28.4 Å². The summed E-state index contributed by atoms with van der Waals surface area (Å²) in [6.07, 6.45) is 2.83. The van der Waals surface area contributed by atoms with Gasteiger partial charge in [0.25, 0.3) is 0 Å². The fraction of sp³-hybridized carbons (Fsp3) is 0.417. The predicted molar refractivity (Wildman–Crippen MR) is 72.9 cm³/mol. The molecule has 0 spiro atoms. The first-order valence-corrected chi connectivity index (χ1v) is 6.76. The Bertz CT molecular complexity index is 523. The zero-order valence-electron chi connectivity index (χ0n) is 10.8. The molecule has 0 aromatic carbocycles. The average Bonchev–Trinajstić information content (AvgIpc) is 2.66. The number of aromatic nitrogens is 4. The van der Waals surface area contributed by atoms with Crippen LogP contribution in [0.1, 0.15) is 19.0 Å². The Morgan fingerprint density at radius 1 is 1.44 bits per heavy atom. The zero-order chi connectivity index (χ0) is 13.0. The first kappa shape index (κ1) is 12.9. The van der Waals surface area contributed by atoms with Gasteiger partial charge in [-0.2, -0.15) is 5.10 Å². The molecule has 96 valence electrons. The summed E-state index contributed by atoms with van der Waals surface area (Å²) in [5, 5.41) is 9.50. The lowest BCUT2D eigenvalue weighted by atomic mass is 10.5. The SMILES string of the molecule is CCCNc1nccc(Sc2cc(C)nn2C)n1. The van der Waals surface area contributed by atoms with Crippen molar-refractivity contribution in [3.8, 4) is 0 Å². The van der Waals surface area contributed by atoms with Gasteiger partial charge in [0.05, 0.1) is 5.69 Å². The van der Waals surface area contributed by atoms with Gasteiger partial charge in [-0.15, -0.1) is 0 Å². The van der Waals surface area contributed by atoms with E-state index in [1.165, 1.54) is 0 Å².